The lowest BCUT2D eigenvalue weighted by atomic mass is 10.2. The summed E-state index contributed by atoms with van der Waals surface area (Å²) < 4.78 is 5.41. The highest BCUT2D eigenvalue weighted by Gasteiger charge is 2.29. The van der Waals surface area contributed by atoms with E-state index in [1.54, 1.807) is 36.0 Å². The van der Waals surface area contributed by atoms with E-state index in [9.17, 15) is 9.59 Å². The Bertz CT molecular complexity index is 963. The van der Waals surface area contributed by atoms with Crippen LogP contribution in [0.4, 0.5) is 11.4 Å². The average molecular weight is 392 g/mol. The van der Waals surface area contributed by atoms with Crippen molar-refractivity contribution in [2.75, 3.05) is 10.6 Å². The maximum Gasteiger partial charge on any atom is 0.291 e. The SMILES string of the molecule is O=C(Nc1ccc(NC(=O)C2CC2)cc1)c1occc1CSc1ccccc1. The van der Waals surface area contributed by atoms with Crippen LogP contribution in [0.25, 0.3) is 0 Å². The number of anilines is 2. The fourth-order valence-corrected chi connectivity index (χ4v) is 3.64. The molecule has 0 unspecified atom stereocenters. The molecule has 0 aliphatic heterocycles. The van der Waals surface area contributed by atoms with E-state index in [1.165, 1.54) is 6.26 Å². The highest BCUT2D eigenvalue weighted by Crippen LogP contribution is 2.30. The minimum absolute atomic E-state index is 0.0629. The second-order valence-electron chi connectivity index (χ2n) is 6.67. The quantitative estimate of drug-likeness (QED) is 0.544. The predicted octanol–water partition coefficient (Wildman–Crippen LogP) is 5.17. The molecule has 1 aliphatic rings. The van der Waals surface area contributed by atoms with Crippen molar-refractivity contribution in [2.24, 2.45) is 5.92 Å². The number of nitrogens with one attached hydrogen (secondary N) is 2. The van der Waals surface area contributed by atoms with Crippen LogP contribution in [0.2, 0.25) is 0 Å². The number of furan rings is 1. The summed E-state index contributed by atoms with van der Waals surface area (Å²) in [4.78, 5) is 25.5. The lowest BCUT2D eigenvalue weighted by molar-refractivity contribution is -0.117. The van der Waals surface area contributed by atoms with Gasteiger partial charge in [0.15, 0.2) is 5.76 Å². The number of rotatable bonds is 7. The van der Waals surface area contributed by atoms with Crippen molar-refractivity contribution in [2.45, 2.75) is 23.5 Å². The van der Waals surface area contributed by atoms with Gasteiger partial charge in [0.1, 0.15) is 0 Å². The summed E-state index contributed by atoms with van der Waals surface area (Å²) in [6.45, 7) is 0. The number of thioether (sulfide) groups is 1. The van der Waals surface area contributed by atoms with Crippen molar-refractivity contribution in [1.82, 2.24) is 0 Å². The van der Waals surface area contributed by atoms with Crippen molar-refractivity contribution in [3.63, 3.8) is 0 Å². The number of carbonyl (C=O) groups excluding carboxylic acids is 2. The number of hydrogen-bond acceptors (Lipinski definition) is 4. The van der Waals surface area contributed by atoms with Crippen molar-refractivity contribution in [1.29, 1.82) is 0 Å². The standard InChI is InChI=1S/C22H20N2O3S/c25-21(15-6-7-15)23-17-8-10-18(11-9-17)24-22(26)20-16(12-13-27-20)14-28-19-4-2-1-3-5-19/h1-5,8-13,15H,6-7,14H2,(H,23,25)(H,24,26). The van der Waals surface area contributed by atoms with Crippen LogP contribution >= 0.6 is 11.8 Å². The Morgan fingerprint density at radius 2 is 1.61 bits per heavy atom. The van der Waals surface area contributed by atoms with Gasteiger partial charge >= 0.3 is 0 Å². The minimum Gasteiger partial charge on any atom is -0.459 e. The largest absolute Gasteiger partial charge is 0.459 e. The second kappa shape index (κ2) is 8.35. The van der Waals surface area contributed by atoms with Crippen molar-refractivity contribution < 1.29 is 14.0 Å². The molecule has 2 amide bonds. The van der Waals surface area contributed by atoms with Crippen LogP contribution in [-0.2, 0) is 10.5 Å². The number of benzene rings is 2. The molecule has 142 valence electrons. The van der Waals surface area contributed by atoms with Crippen molar-refractivity contribution >= 4 is 35.0 Å². The predicted molar refractivity (Wildman–Crippen MR) is 110 cm³/mol. The maximum absolute atomic E-state index is 12.6. The van der Waals surface area contributed by atoms with Gasteiger partial charge in [0, 0.05) is 33.5 Å². The molecule has 0 saturated heterocycles. The van der Waals surface area contributed by atoms with E-state index >= 15 is 0 Å². The number of carbonyl (C=O) groups is 2. The molecule has 28 heavy (non-hydrogen) atoms. The summed E-state index contributed by atoms with van der Waals surface area (Å²) in [5, 5.41) is 5.72. The molecule has 0 radical (unpaired) electrons. The van der Waals surface area contributed by atoms with Crippen LogP contribution in [0.5, 0.6) is 0 Å². The second-order valence-corrected chi connectivity index (χ2v) is 7.72. The Morgan fingerprint density at radius 1 is 0.929 bits per heavy atom. The Morgan fingerprint density at radius 3 is 2.29 bits per heavy atom. The van der Waals surface area contributed by atoms with Crippen LogP contribution in [0, 0.1) is 5.92 Å². The summed E-state index contributed by atoms with van der Waals surface area (Å²) in [6.07, 6.45) is 3.47. The molecule has 1 aliphatic carbocycles. The molecule has 2 aromatic carbocycles. The van der Waals surface area contributed by atoms with Gasteiger partial charge in [-0.25, -0.2) is 0 Å². The van der Waals surface area contributed by atoms with Gasteiger partial charge in [-0.3, -0.25) is 9.59 Å². The Hall–Kier alpha value is -2.99. The number of amides is 2. The highest BCUT2D eigenvalue weighted by atomic mass is 32.2. The van der Waals surface area contributed by atoms with E-state index in [1.807, 2.05) is 36.4 Å². The van der Waals surface area contributed by atoms with E-state index in [2.05, 4.69) is 10.6 Å². The van der Waals surface area contributed by atoms with Crippen LogP contribution in [0.15, 0.2) is 76.2 Å². The topological polar surface area (TPSA) is 71.3 Å². The van der Waals surface area contributed by atoms with E-state index < -0.39 is 0 Å². The summed E-state index contributed by atoms with van der Waals surface area (Å²) >= 11 is 1.65. The Labute approximate surface area is 167 Å². The summed E-state index contributed by atoms with van der Waals surface area (Å²) in [5.41, 5.74) is 2.22. The first kappa shape index (κ1) is 18.4. The van der Waals surface area contributed by atoms with Gasteiger partial charge in [0.2, 0.25) is 5.91 Å². The van der Waals surface area contributed by atoms with Gasteiger partial charge in [0.05, 0.1) is 6.26 Å². The average Bonchev–Trinajstić information content (AvgIpc) is 3.47. The molecule has 1 heterocycles. The zero-order valence-electron chi connectivity index (χ0n) is 15.2. The summed E-state index contributed by atoms with van der Waals surface area (Å²) in [6, 6.07) is 18.9. The molecule has 0 bridgehead atoms. The molecule has 6 heteroatoms. The van der Waals surface area contributed by atoms with E-state index in [-0.39, 0.29) is 17.7 Å². The van der Waals surface area contributed by atoms with Crippen LogP contribution in [0.1, 0.15) is 29.0 Å². The van der Waals surface area contributed by atoms with E-state index in [0.29, 0.717) is 17.2 Å². The van der Waals surface area contributed by atoms with Gasteiger partial charge in [-0.1, -0.05) is 18.2 Å². The van der Waals surface area contributed by atoms with Gasteiger partial charge in [0.25, 0.3) is 5.91 Å². The Kier molecular flexibility index (Phi) is 5.48. The van der Waals surface area contributed by atoms with E-state index in [4.69, 9.17) is 4.42 Å². The van der Waals surface area contributed by atoms with Gasteiger partial charge in [-0.05, 0) is 55.3 Å². The fourth-order valence-electron chi connectivity index (χ4n) is 2.74. The van der Waals surface area contributed by atoms with Gasteiger partial charge in [-0.15, -0.1) is 11.8 Å². The molecule has 3 aromatic rings. The minimum atomic E-state index is -0.288. The van der Waals surface area contributed by atoms with Gasteiger partial charge < -0.3 is 15.1 Å². The first-order chi connectivity index (χ1) is 13.7. The molecule has 4 rings (SSSR count). The molecule has 0 atom stereocenters. The first-order valence-electron chi connectivity index (χ1n) is 9.15. The summed E-state index contributed by atoms with van der Waals surface area (Å²) in [5.74, 6) is 0.895. The number of hydrogen-bond donors (Lipinski definition) is 2. The van der Waals surface area contributed by atoms with Crippen molar-refractivity contribution in [3.05, 3.63) is 78.3 Å². The van der Waals surface area contributed by atoms with Crippen molar-refractivity contribution in [3.8, 4) is 0 Å². The monoisotopic (exact) mass is 392 g/mol. The summed E-state index contributed by atoms with van der Waals surface area (Å²) in [7, 11) is 0. The molecular formula is C22H20N2O3S. The molecule has 5 nitrogen and oxygen atoms in total. The molecular weight excluding hydrogens is 372 g/mol. The lowest BCUT2D eigenvalue weighted by Gasteiger charge is -2.08. The third-order valence-corrected chi connectivity index (χ3v) is 5.51. The van der Waals surface area contributed by atoms with Crippen LogP contribution in [0.3, 0.4) is 0 Å². The molecule has 2 N–H and O–H groups in total. The first-order valence-corrected chi connectivity index (χ1v) is 10.1. The Balaban J connectivity index is 1.36. The molecule has 1 fully saturated rings. The third-order valence-electron chi connectivity index (χ3n) is 4.45. The maximum atomic E-state index is 12.6. The zero-order valence-corrected chi connectivity index (χ0v) is 16.0. The fraction of sp³-hybridized carbons (Fsp3) is 0.182. The van der Waals surface area contributed by atoms with Crippen LogP contribution in [-0.4, -0.2) is 11.8 Å². The molecule has 1 aromatic heterocycles. The molecule has 0 spiro atoms. The van der Waals surface area contributed by atoms with E-state index in [0.717, 1.165) is 29.0 Å². The highest BCUT2D eigenvalue weighted by molar-refractivity contribution is 7.98. The zero-order chi connectivity index (χ0) is 19.3. The lowest BCUT2D eigenvalue weighted by Crippen LogP contribution is -2.14. The van der Waals surface area contributed by atoms with Crippen LogP contribution < -0.4 is 10.6 Å². The third kappa shape index (κ3) is 4.64. The molecule has 1 saturated carbocycles. The smallest absolute Gasteiger partial charge is 0.291 e. The normalized spacial score (nSPS) is 13.1. The van der Waals surface area contributed by atoms with Gasteiger partial charge in [-0.2, -0.15) is 0 Å².